The van der Waals surface area contributed by atoms with Crippen molar-refractivity contribution in [3.05, 3.63) is 0 Å². The highest BCUT2D eigenvalue weighted by Crippen LogP contribution is 2.06. The number of carbonyl (C=O) groups excluding carboxylic acids is 4. The lowest BCUT2D eigenvalue weighted by Crippen LogP contribution is -2.57. The summed E-state index contributed by atoms with van der Waals surface area (Å²) in [5, 5.41) is 33.5. The Labute approximate surface area is 198 Å². The van der Waals surface area contributed by atoms with Crippen LogP contribution < -0.4 is 27.4 Å². The molecule has 0 rings (SSSR count). The maximum absolute atomic E-state index is 12.7. The van der Waals surface area contributed by atoms with Crippen LogP contribution in [-0.2, 0) is 33.6 Å². The van der Waals surface area contributed by atoms with Gasteiger partial charge in [-0.2, -0.15) is 11.8 Å². The number of hydrogen-bond donors (Lipinski definition) is 8. The average molecular weight is 508 g/mol. The van der Waals surface area contributed by atoms with Crippen molar-refractivity contribution in [2.75, 3.05) is 12.0 Å². The maximum atomic E-state index is 12.7. The van der Waals surface area contributed by atoms with Crippen molar-refractivity contribution in [2.24, 2.45) is 11.5 Å². The molecule has 0 aromatic rings. The highest BCUT2D eigenvalue weighted by atomic mass is 32.2. The zero-order valence-electron chi connectivity index (χ0n) is 18.3. The predicted octanol–water partition coefficient (Wildman–Crippen LogP) is -3.18. The zero-order chi connectivity index (χ0) is 26.4. The molecule has 0 saturated heterocycles. The van der Waals surface area contributed by atoms with Crippen LogP contribution in [0.1, 0.15) is 32.1 Å². The van der Waals surface area contributed by atoms with Crippen LogP contribution >= 0.6 is 11.8 Å². The maximum Gasteiger partial charge on any atom is 0.326 e. The number of amides is 4. The minimum Gasteiger partial charge on any atom is -0.481 e. The van der Waals surface area contributed by atoms with Crippen LogP contribution in [-0.4, -0.2) is 93.0 Å². The van der Waals surface area contributed by atoms with Gasteiger partial charge in [-0.15, -0.1) is 0 Å². The van der Waals surface area contributed by atoms with E-state index in [1.807, 2.05) is 5.32 Å². The second-order valence-electron chi connectivity index (χ2n) is 7.11. The Hall–Kier alpha value is -3.40. The molecule has 0 bridgehead atoms. The first-order valence-corrected chi connectivity index (χ1v) is 11.3. The highest BCUT2D eigenvalue weighted by molar-refractivity contribution is 7.98. The Balaban J connectivity index is 5.49. The number of nitrogens with two attached hydrogens (primary N) is 2. The molecule has 0 aromatic heterocycles. The second kappa shape index (κ2) is 15.4. The smallest absolute Gasteiger partial charge is 0.326 e. The van der Waals surface area contributed by atoms with Gasteiger partial charge in [0.15, 0.2) is 0 Å². The van der Waals surface area contributed by atoms with Crippen LogP contribution in [0.3, 0.4) is 0 Å². The van der Waals surface area contributed by atoms with Gasteiger partial charge in [0.2, 0.25) is 23.6 Å². The molecule has 4 atom stereocenters. The first kappa shape index (κ1) is 30.6. The minimum atomic E-state index is -1.69. The molecule has 10 N–H and O–H groups in total. The molecule has 0 radical (unpaired) electrons. The Morgan fingerprint density at radius 3 is 1.74 bits per heavy atom. The molecule has 4 amide bonds. The Kier molecular flexibility index (Phi) is 13.9. The molecule has 192 valence electrons. The number of hydrogen-bond acceptors (Lipinski definition) is 9. The van der Waals surface area contributed by atoms with Crippen LogP contribution in [0.5, 0.6) is 0 Å². The molecule has 0 aromatic carbocycles. The fraction of sp³-hybridized carbons (Fsp3) is 0.611. The Morgan fingerprint density at radius 1 is 0.765 bits per heavy atom. The van der Waals surface area contributed by atoms with Crippen molar-refractivity contribution < 1.29 is 48.9 Å². The van der Waals surface area contributed by atoms with E-state index in [9.17, 15) is 38.7 Å². The number of rotatable bonds is 17. The van der Waals surface area contributed by atoms with Crippen LogP contribution in [0.4, 0.5) is 0 Å². The SMILES string of the molecule is CSCCC(NC(=O)C(CC(=O)O)NC(=O)C(N)CC(=O)O)C(=O)NC(CCC(N)=O)C(=O)O. The van der Waals surface area contributed by atoms with Crippen molar-refractivity contribution in [2.45, 2.75) is 56.3 Å². The third-order valence-corrected chi connectivity index (χ3v) is 4.92. The standard InChI is InChI=1S/C18H29N5O10S/c1-34-5-4-9(16(30)22-10(18(32)33)2-3-12(20)24)21-17(31)11(7-14(27)28)23-15(29)8(19)6-13(25)26/h8-11H,2-7,19H2,1H3,(H2,20,24)(H,21,31)(H,22,30)(H,23,29)(H,25,26)(H,27,28)(H,32,33). The third-order valence-electron chi connectivity index (χ3n) is 4.28. The molecular weight excluding hydrogens is 478 g/mol. The number of nitrogens with one attached hydrogen (secondary N) is 3. The molecule has 15 nitrogen and oxygen atoms in total. The van der Waals surface area contributed by atoms with Gasteiger partial charge >= 0.3 is 17.9 Å². The molecule has 0 spiro atoms. The summed E-state index contributed by atoms with van der Waals surface area (Å²) in [6.07, 6.45) is -0.548. The molecule has 16 heteroatoms. The minimum absolute atomic E-state index is 0.0210. The topological polar surface area (TPSA) is 268 Å². The third kappa shape index (κ3) is 12.6. The normalized spacial score (nSPS) is 14.1. The van der Waals surface area contributed by atoms with Gasteiger partial charge in [-0.1, -0.05) is 0 Å². The van der Waals surface area contributed by atoms with E-state index < -0.39 is 78.5 Å². The van der Waals surface area contributed by atoms with Crippen molar-refractivity contribution >= 4 is 53.3 Å². The van der Waals surface area contributed by atoms with E-state index in [0.29, 0.717) is 5.75 Å². The predicted molar refractivity (Wildman–Crippen MR) is 117 cm³/mol. The fourth-order valence-electron chi connectivity index (χ4n) is 2.54. The number of aliphatic carboxylic acids is 3. The van der Waals surface area contributed by atoms with Gasteiger partial charge in [0.05, 0.1) is 18.9 Å². The van der Waals surface area contributed by atoms with Gasteiger partial charge in [0.25, 0.3) is 0 Å². The van der Waals surface area contributed by atoms with Gasteiger partial charge in [-0.25, -0.2) is 4.79 Å². The van der Waals surface area contributed by atoms with E-state index in [1.54, 1.807) is 6.26 Å². The van der Waals surface area contributed by atoms with Crippen molar-refractivity contribution in [1.29, 1.82) is 0 Å². The lowest BCUT2D eigenvalue weighted by atomic mass is 10.1. The van der Waals surface area contributed by atoms with Crippen LogP contribution in [0.2, 0.25) is 0 Å². The monoisotopic (exact) mass is 507 g/mol. The van der Waals surface area contributed by atoms with Crippen LogP contribution in [0, 0.1) is 0 Å². The van der Waals surface area contributed by atoms with Gasteiger partial charge in [0.1, 0.15) is 18.1 Å². The number of thioether (sulfide) groups is 1. The summed E-state index contributed by atoms with van der Waals surface area (Å²) >= 11 is 1.31. The molecule has 0 aliphatic rings. The molecule has 0 saturated carbocycles. The number of carboxylic acid groups (broad SMARTS) is 3. The summed E-state index contributed by atoms with van der Waals surface area (Å²) in [4.78, 5) is 81.5. The highest BCUT2D eigenvalue weighted by Gasteiger charge is 2.31. The summed E-state index contributed by atoms with van der Waals surface area (Å²) in [7, 11) is 0. The van der Waals surface area contributed by atoms with E-state index in [1.165, 1.54) is 11.8 Å². The van der Waals surface area contributed by atoms with E-state index in [0.717, 1.165) is 0 Å². The molecule has 4 unspecified atom stereocenters. The first-order chi connectivity index (χ1) is 15.8. The Bertz CT molecular complexity index is 793. The van der Waals surface area contributed by atoms with E-state index in [2.05, 4.69) is 10.6 Å². The molecule has 0 heterocycles. The van der Waals surface area contributed by atoms with Gasteiger partial charge in [0, 0.05) is 6.42 Å². The molecule has 0 aliphatic carbocycles. The molecular formula is C18H29N5O10S. The van der Waals surface area contributed by atoms with Gasteiger partial charge in [-0.3, -0.25) is 28.8 Å². The van der Waals surface area contributed by atoms with E-state index in [4.69, 9.17) is 21.7 Å². The molecule has 0 fully saturated rings. The summed E-state index contributed by atoms with van der Waals surface area (Å²) in [6, 6.07) is -6.04. The quantitative estimate of drug-likeness (QED) is 0.0968. The van der Waals surface area contributed by atoms with E-state index >= 15 is 0 Å². The van der Waals surface area contributed by atoms with Crippen molar-refractivity contribution in [3.8, 4) is 0 Å². The first-order valence-electron chi connectivity index (χ1n) is 9.88. The molecule has 34 heavy (non-hydrogen) atoms. The zero-order valence-corrected chi connectivity index (χ0v) is 19.1. The number of carbonyl (C=O) groups is 7. The van der Waals surface area contributed by atoms with Gasteiger partial charge < -0.3 is 42.7 Å². The number of primary amides is 1. The van der Waals surface area contributed by atoms with Crippen LogP contribution in [0.15, 0.2) is 0 Å². The average Bonchev–Trinajstić information content (AvgIpc) is 2.71. The lowest BCUT2D eigenvalue weighted by Gasteiger charge is -2.24. The Morgan fingerprint density at radius 2 is 1.26 bits per heavy atom. The largest absolute Gasteiger partial charge is 0.481 e. The summed E-state index contributed by atoms with van der Waals surface area (Å²) in [5.74, 6) is -7.82. The fourth-order valence-corrected chi connectivity index (χ4v) is 3.01. The van der Waals surface area contributed by atoms with E-state index in [-0.39, 0.29) is 19.3 Å². The molecule has 0 aliphatic heterocycles. The summed E-state index contributed by atoms with van der Waals surface area (Å²) in [5.41, 5.74) is 10.4. The number of carboxylic acids is 3. The summed E-state index contributed by atoms with van der Waals surface area (Å²) < 4.78 is 0. The van der Waals surface area contributed by atoms with Crippen LogP contribution in [0.25, 0.3) is 0 Å². The second-order valence-corrected chi connectivity index (χ2v) is 8.10. The lowest BCUT2D eigenvalue weighted by molar-refractivity contribution is -0.143. The van der Waals surface area contributed by atoms with Crippen molar-refractivity contribution in [1.82, 2.24) is 16.0 Å². The van der Waals surface area contributed by atoms with Crippen molar-refractivity contribution in [3.63, 3.8) is 0 Å². The summed E-state index contributed by atoms with van der Waals surface area (Å²) in [6.45, 7) is 0. The van der Waals surface area contributed by atoms with Gasteiger partial charge in [-0.05, 0) is 24.9 Å².